The SMILES string of the molecule is CCC(C)NC(=O)Cn1c(=O)n(-c2ccc(CC(=O)NC3CCCC3)cc2)c(=O)c2ccccc21. The molecule has 2 aromatic carbocycles. The minimum Gasteiger partial charge on any atom is -0.353 e. The Balaban J connectivity index is 1.64. The normalized spacial score (nSPS) is 14.7. The van der Waals surface area contributed by atoms with Gasteiger partial charge in [-0.15, -0.1) is 0 Å². The van der Waals surface area contributed by atoms with Crippen molar-refractivity contribution in [2.45, 2.75) is 71.0 Å². The zero-order chi connectivity index (χ0) is 24.9. The van der Waals surface area contributed by atoms with Crippen LogP contribution in [0.2, 0.25) is 0 Å². The van der Waals surface area contributed by atoms with Gasteiger partial charge in [-0.05, 0) is 56.0 Å². The van der Waals surface area contributed by atoms with E-state index >= 15 is 0 Å². The van der Waals surface area contributed by atoms with E-state index < -0.39 is 11.2 Å². The van der Waals surface area contributed by atoms with Crippen molar-refractivity contribution in [3.63, 3.8) is 0 Å². The molecule has 2 amide bonds. The minimum atomic E-state index is -0.584. The highest BCUT2D eigenvalue weighted by Crippen LogP contribution is 2.18. The van der Waals surface area contributed by atoms with Crippen LogP contribution in [-0.4, -0.2) is 33.0 Å². The molecule has 1 aliphatic rings. The molecule has 35 heavy (non-hydrogen) atoms. The van der Waals surface area contributed by atoms with Crippen LogP contribution in [0.15, 0.2) is 58.1 Å². The lowest BCUT2D eigenvalue weighted by atomic mass is 10.1. The van der Waals surface area contributed by atoms with Crippen molar-refractivity contribution in [2.75, 3.05) is 0 Å². The third-order valence-electron chi connectivity index (χ3n) is 6.65. The number of hydrogen-bond acceptors (Lipinski definition) is 4. The van der Waals surface area contributed by atoms with E-state index in [1.165, 1.54) is 4.57 Å². The van der Waals surface area contributed by atoms with Crippen LogP contribution >= 0.6 is 0 Å². The zero-order valence-corrected chi connectivity index (χ0v) is 20.3. The summed E-state index contributed by atoms with van der Waals surface area (Å²) in [6.07, 6.45) is 5.36. The molecular formula is C27H32N4O4. The molecule has 0 radical (unpaired) electrons. The Hall–Kier alpha value is -3.68. The van der Waals surface area contributed by atoms with Gasteiger partial charge in [-0.2, -0.15) is 0 Å². The summed E-state index contributed by atoms with van der Waals surface area (Å²) in [4.78, 5) is 51.6. The first-order chi connectivity index (χ1) is 16.9. The molecule has 1 saturated carbocycles. The van der Waals surface area contributed by atoms with E-state index in [1.807, 2.05) is 13.8 Å². The lowest BCUT2D eigenvalue weighted by Gasteiger charge is -2.16. The Morgan fingerprint density at radius 2 is 1.69 bits per heavy atom. The summed E-state index contributed by atoms with van der Waals surface area (Å²) in [5.41, 5.74) is 0.571. The van der Waals surface area contributed by atoms with Crippen molar-refractivity contribution in [3.05, 3.63) is 74.9 Å². The van der Waals surface area contributed by atoms with Crippen molar-refractivity contribution in [1.82, 2.24) is 19.8 Å². The lowest BCUT2D eigenvalue weighted by Crippen LogP contribution is -2.43. The van der Waals surface area contributed by atoms with Crippen molar-refractivity contribution in [2.24, 2.45) is 0 Å². The van der Waals surface area contributed by atoms with Gasteiger partial charge in [0.05, 0.1) is 23.0 Å². The average Bonchev–Trinajstić information content (AvgIpc) is 3.35. The number of nitrogens with zero attached hydrogens (tertiary/aromatic N) is 2. The Morgan fingerprint density at radius 1 is 1.00 bits per heavy atom. The Morgan fingerprint density at radius 3 is 2.37 bits per heavy atom. The molecule has 184 valence electrons. The fourth-order valence-electron chi connectivity index (χ4n) is 4.56. The van der Waals surface area contributed by atoms with Crippen molar-refractivity contribution in [3.8, 4) is 5.69 Å². The molecule has 1 fully saturated rings. The minimum absolute atomic E-state index is 0.0196. The van der Waals surface area contributed by atoms with Crippen LogP contribution in [0.1, 0.15) is 51.5 Å². The van der Waals surface area contributed by atoms with Gasteiger partial charge in [0.2, 0.25) is 11.8 Å². The summed E-state index contributed by atoms with van der Waals surface area (Å²) < 4.78 is 2.42. The maximum Gasteiger partial charge on any atom is 0.336 e. The number of benzene rings is 2. The first kappa shape index (κ1) is 24.4. The summed E-state index contributed by atoms with van der Waals surface area (Å²) >= 11 is 0. The fourth-order valence-corrected chi connectivity index (χ4v) is 4.56. The predicted octanol–water partition coefficient (Wildman–Crippen LogP) is 2.67. The summed E-state index contributed by atoms with van der Waals surface area (Å²) in [6, 6.07) is 13.9. The number of nitrogens with one attached hydrogen (secondary N) is 2. The molecule has 8 heteroatoms. The largest absolute Gasteiger partial charge is 0.353 e. The highest BCUT2D eigenvalue weighted by atomic mass is 16.2. The van der Waals surface area contributed by atoms with Crippen LogP contribution in [0.5, 0.6) is 0 Å². The van der Waals surface area contributed by atoms with Crippen LogP contribution in [0.4, 0.5) is 0 Å². The van der Waals surface area contributed by atoms with E-state index in [0.29, 0.717) is 16.6 Å². The Labute approximate surface area is 204 Å². The molecule has 0 spiro atoms. The molecule has 1 heterocycles. The molecule has 0 saturated heterocycles. The monoisotopic (exact) mass is 476 g/mol. The molecule has 1 atom stereocenters. The summed E-state index contributed by atoms with van der Waals surface area (Å²) in [5.74, 6) is -0.317. The van der Waals surface area contributed by atoms with Gasteiger partial charge in [-0.3, -0.25) is 19.0 Å². The van der Waals surface area contributed by atoms with Gasteiger partial charge < -0.3 is 10.6 Å². The van der Waals surface area contributed by atoms with Crippen LogP contribution in [0.25, 0.3) is 16.6 Å². The van der Waals surface area contributed by atoms with Gasteiger partial charge >= 0.3 is 5.69 Å². The van der Waals surface area contributed by atoms with Crippen molar-refractivity contribution < 1.29 is 9.59 Å². The topological polar surface area (TPSA) is 102 Å². The lowest BCUT2D eigenvalue weighted by molar-refractivity contribution is -0.122. The molecule has 1 aromatic heterocycles. The van der Waals surface area contributed by atoms with E-state index in [0.717, 1.165) is 42.2 Å². The fraction of sp³-hybridized carbons (Fsp3) is 0.407. The zero-order valence-electron chi connectivity index (χ0n) is 20.3. The average molecular weight is 477 g/mol. The summed E-state index contributed by atoms with van der Waals surface area (Å²) in [5, 5.41) is 6.29. The number of rotatable bonds is 8. The summed E-state index contributed by atoms with van der Waals surface area (Å²) in [7, 11) is 0. The molecule has 8 nitrogen and oxygen atoms in total. The number of hydrogen-bond donors (Lipinski definition) is 2. The van der Waals surface area contributed by atoms with Gasteiger partial charge in [0.15, 0.2) is 0 Å². The van der Waals surface area contributed by atoms with Gasteiger partial charge in [0.25, 0.3) is 5.56 Å². The predicted molar refractivity (Wildman–Crippen MR) is 136 cm³/mol. The standard InChI is InChI=1S/C27H32N4O4/c1-3-18(2)28-25(33)17-30-23-11-7-6-10-22(23)26(34)31(27(30)35)21-14-12-19(13-15-21)16-24(32)29-20-8-4-5-9-20/h6-7,10-15,18,20H,3-5,8-9,16-17H2,1-2H3,(H,28,33)(H,29,32). The van der Waals surface area contributed by atoms with E-state index in [2.05, 4.69) is 10.6 Å². The van der Waals surface area contributed by atoms with E-state index in [1.54, 1.807) is 48.5 Å². The molecule has 2 N–H and O–H groups in total. The molecular weight excluding hydrogens is 444 g/mol. The second kappa shape index (κ2) is 10.7. The second-order valence-corrected chi connectivity index (χ2v) is 9.30. The van der Waals surface area contributed by atoms with Gasteiger partial charge in [0.1, 0.15) is 6.54 Å². The molecule has 4 rings (SSSR count). The third-order valence-corrected chi connectivity index (χ3v) is 6.65. The van der Waals surface area contributed by atoms with Crippen molar-refractivity contribution in [1.29, 1.82) is 0 Å². The first-order valence-corrected chi connectivity index (χ1v) is 12.3. The van der Waals surface area contributed by atoms with E-state index in [9.17, 15) is 19.2 Å². The van der Waals surface area contributed by atoms with Crippen LogP contribution < -0.4 is 21.9 Å². The number of aromatic nitrogens is 2. The number of carbonyl (C=O) groups excluding carboxylic acids is 2. The van der Waals surface area contributed by atoms with Crippen LogP contribution in [-0.2, 0) is 22.6 Å². The molecule has 0 bridgehead atoms. The highest BCUT2D eigenvalue weighted by molar-refractivity contribution is 5.82. The maximum absolute atomic E-state index is 13.4. The summed E-state index contributed by atoms with van der Waals surface area (Å²) in [6.45, 7) is 3.67. The molecule has 1 aliphatic carbocycles. The highest BCUT2D eigenvalue weighted by Gasteiger charge is 2.19. The number of fused-ring (bicyclic) bond motifs is 1. The van der Waals surface area contributed by atoms with Gasteiger partial charge in [-0.25, -0.2) is 9.36 Å². The van der Waals surface area contributed by atoms with Crippen LogP contribution in [0, 0.1) is 0 Å². The number of amides is 2. The van der Waals surface area contributed by atoms with Crippen molar-refractivity contribution >= 4 is 22.7 Å². The van der Waals surface area contributed by atoms with E-state index in [-0.39, 0.29) is 36.9 Å². The second-order valence-electron chi connectivity index (χ2n) is 9.30. The molecule has 1 unspecified atom stereocenters. The quantitative estimate of drug-likeness (QED) is 0.522. The Bertz CT molecular complexity index is 1330. The van der Waals surface area contributed by atoms with E-state index in [4.69, 9.17) is 0 Å². The van der Waals surface area contributed by atoms with Gasteiger partial charge in [-0.1, -0.05) is 44.0 Å². The molecule has 3 aromatic rings. The maximum atomic E-state index is 13.4. The Kier molecular flexibility index (Phi) is 7.48. The first-order valence-electron chi connectivity index (χ1n) is 12.3. The number of para-hydroxylation sites is 1. The van der Waals surface area contributed by atoms with Gasteiger partial charge in [0, 0.05) is 12.1 Å². The third kappa shape index (κ3) is 5.53. The van der Waals surface area contributed by atoms with Crippen LogP contribution in [0.3, 0.4) is 0 Å². The number of carbonyl (C=O) groups is 2. The molecule has 0 aliphatic heterocycles. The smallest absolute Gasteiger partial charge is 0.336 e.